The molecule has 0 aromatic heterocycles. The predicted molar refractivity (Wildman–Crippen MR) is 72.9 cm³/mol. The molecule has 2 amide bonds. The Balaban J connectivity index is 2.71. The minimum atomic E-state index is -1.19. The van der Waals surface area contributed by atoms with Crippen molar-refractivity contribution in [1.29, 1.82) is 0 Å². The van der Waals surface area contributed by atoms with Gasteiger partial charge in [-0.25, -0.2) is 0 Å². The first-order chi connectivity index (χ1) is 9.13. The fraction of sp³-hybridized carbons (Fsp3) is 0.385. The van der Waals surface area contributed by atoms with Crippen LogP contribution in [0.3, 0.4) is 0 Å². The summed E-state index contributed by atoms with van der Waals surface area (Å²) in [5.74, 6) is -1.73. The fourth-order valence-electron chi connectivity index (χ4n) is 1.50. The second-order valence-corrected chi connectivity index (χ2v) is 5.11. The minimum Gasteiger partial charge on any atom is -0.504 e. The van der Waals surface area contributed by atoms with Crippen LogP contribution in [0.4, 0.5) is 0 Å². The van der Waals surface area contributed by atoms with Crippen molar-refractivity contribution < 1.29 is 19.8 Å². The highest BCUT2D eigenvalue weighted by Crippen LogP contribution is 2.25. The third kappa shape index (κ3) is 3.86. The smallest absolute Gasteiger partial charge is 0.242 e. The van der Waals surface area contributed by atoms with E-state index in [2.05, 4.69) is 5.32 Å². The first-order valence-electron chi connectivity index (χ1n) is 6.02. The Labute approximate surface area is 116 Å². The van der Waals surface area contributed by atoms with E-state index >= 15 is 0 Å². The maximum absolute atomic E-state index is 11.9. The van der Waals surface area contributed by atoms with Crippen LogP contribution in [0.25, 0.3) is 0 Å². The van der Waals surface area contributed by atoms with Crippen LogP contribution >= 0.6 is 0 Å². The second-order valence-electron chi connectivity index (χ2n) is 5.11. The van der Waals surface area contributed by atoms with E-state index in [0.29, 0.717) is 5.56 Å². The summed E-state index contributed by atoms with van der Waals surface area (Å²) >= 11 is 0. The number of phenolic OH excluding ortho intramolecular Hbond substituents is 2. The Hall–Kier alpha value is -2.28. The Morgan fingerprint density at radius 2 is 1.90 bits per heavy atom. The van der Waals surface area contributed by atoms with E-state index in [9.17, 15) is 19.8 Å². The quantitative estimate of drug-likeness (QED) is 0.456. The summed E-state index contributed by atoms with van der Waals surface area (Å²) < 4.78 is 0. The number of rotatable bonds is 5. The molecule has 0 radical (unpaired) electrons. The molecule has 1 aromatic rings. The molecule has 0 fully saturated rings. The van der Waals surface area contributed by atoms with Crippen LogP contribution in [0.2, 0.25) is 0 Å². The number of nitrogens with one attached hydrogen (secondary N) is 1. The summed E-state index contributed by atoms with van der Waals surface area (Å²) in [6.07, 6.45) is 0.147. The highest BCUT2D eigenvalue weighted by atomic mass is 16.3. The number of hydrogen-bond donors (Lipinski definition) is 5. The second kappa shape index (κ2) is 5.79. The van der Waals surface area contributed by atoms with Gasteiger partial charge in [0, 0.05) is 0 Å². The number of phenols is 2. The van der Waals surface area contributed by atoms with Gasteiger partial charge in [0.05, 0.1) is 6.04 Å². The first kappa shape index (κ1) is 15.8. The Morgan fingerprint density at radius 1 is 1.30 bits per heavy atom. The maximum Gasteiger partial charge on any atom is 0.242 e. The molecule has 7 nitrogen and oxygen atoms in total. The number of hydrogen-bond acceptors (Lipinski definition) is 5. The summed E-state index contributed by atoms with van der Waals surface area (Å²) in [6.45, 7) is 2.96. The molecular weight excluding hydrogens is 262 g/mol. The highest BCUT2D eigenvalue weighted by molar-refractivity contribution is 5.91. The van der Waals surface area contributed by atoms with E-state index in [1.54, 1.807) is 6.07 Å². The van der Waals surface area contributed by atoms with Crippen molar-refractivity contribution in [3.05, 3.63) is 23.8 Å². The summed E-state index contributed by atoms with van der Waals surface area (Å²) in [5.41, 5.74) is 10.3. The van der Waals surface area contributed by atoms with Crippen LogP contribution in [0.1, 0.15) is 19.4 Å². The van der Waals surface area contributed by atoms with E-state index in [4.69, 9.17) is 11.5 Å². The van der Waals surface area contributed by atoms with Gasteiger partial charge in [0.15, 0.2) is 11.5 Å². The molecule has 0 spiro atoms. The SMILES string of the molecule is CC(C)(NC(=O)[C@@H](N)Cc1ccc(O)c(O)c1)C(N)=O. The largest absolute Gasteiger partial charge is 0.504 e. The lowest BCUT2D eigenvalue weighted by atomic mass is 10.0. The molecule has 0 unspecified atom stereocenters. The third-order valence-corrected chi connectivity index (χ3v) is 2.88. The minimum absolute atomic E-state index is 0.147. The van der Waals surface area contributed by atoms with E-state index < -0.39 is 23.4 Å². The van der Waals surface area contributed by atoms with Crippen molar-refractivity contribution in [2.24, 2.45) is 11.5 Å². The fourth-order valence-corrected chi connectivity index (χ4v) is 1.50. The zero-order valence-corrected chi connectivity index (χ0v) is 11.4. The molecule has 0 saturated heterocycles. The topological polar surface area (TPSA) is 139 Å². The van der Waals surface area contributed by atoms with Gasteiger partial charge in [0.2, 0.25) is 11.8 Å². The molecule has 7 N–H and O–H groups in total. The van der Waals surface area contributed by atoms with Gasteiger partial charge in [0.1, 0.15) is 5.54 Å². The molecule has 110 valence electrons. The normalized spacial score (nSPS) is 12.8. The van der Waals surface area contributed by atoms with Crippen molar-refractivity contribution in [3.8, 4) is 11.5 Å². The van der Waals surface area contributed by atoms with Gasteiger partial charge in [0.25, 0.3) is 0 Å². The van der Waals surface area contributed by atoms with Crippen LogP contribution in [0.5, 0.6) is 11.5 Å². The van der Waals surface area contributed by atoms with Gasteiger partial charge in [-0.15, -0.1) is 0 Å². The molecule has 20 heavy (non-hydrogen) atoms. The van der Waals surface area contributed by atoms with Crippen LogP contribution in [0.15, 0.2) is 18.2 Å². The monoisotopic (exact) mass is 281 g/mol. The van der Waals surface area contributed by atoms with Gasteiger partial charge in [-0.1, -0.05) is 6.07 Å². The molecule has 0 aliphatic rings. The standard InChI is InChI=1S/C13H19N3O4/c1-13(2,12(15)20)16-11(19)8(14)5-7-3-4-9(17)10(18)6-7/h3-4,6,8,17-18H,5,14H2,1-2H3,(H2,15,20)(H,16,19)/t8-/m0/s1. The van der Waals surface area contributed by atoms with E-state index in [1.165, 1.54) is 26.0 Å². The van der Waals surface area contributed by atoms with Gasteiger partial charge < -0.3 is 27.0 Å². The lowest BCUT2D eigenvalue weighted by Gasteiger charge is -2.24. The van der Waals surface area contributed by atoms with E-state index in [0.717, 1.165) is 0 Å². The van der Waals surface area contributed by atoms with Crippen molar-refractivity contribution in [1.82, 2.24) is 5.32 Å². The maximum atomic E-state index is 11.9. The van der Waals surface area contributed by atoms with E-state index in [1.807, 2.05) is 0 Å². The van der Waals surface area contributed by atoms with Gasteiger partial charge >= 0.3 is 0 Å². The van der Waals surface area contributed by atoms with Crippen molar-refractivity contribution in [3.63, 3.8) is 0 Å². The summed E-state index contributed by atoms with van der Waals surface area (Å²) in [4.78, 5) is 23.0. The molecule has 0 aliphatic heterocycles. The number of carbonyl (C=O) groups is 2. The number of benzene rings is 1. The average Bonchev–Trinajstić information content (AvgIpc) is 2.33. The van der Waals surface area contributed by atoms with Crippen molar-refractivity contribution in [2.45, 2.75) is 31.8 Å². The predicted octanol–water partition coefficient (Wildman–Crippen LogP) is -0.652. The summed E-state index contributed by atoms with van der Waals surface area (Å²) in [7, 11) is 0. The molecule has 1 rings (SSSR count). The number of aromatic hydroxyl groups is 2. The number of primary amides is 1. The summed E-state index contributed by atoms with van der Waals surface area (Å²) in [6, 6.07) is 3.27. The molecular formula is C13H19N3O4. The molecule has 7 heteroatoms. The van der Waals surface area contributed by atoms with Gasteiger partial charge in [-0.2, -0.15) is 0 Å². The number of amides is 2. The lowest BCUT2D eigenvalue weighted by molar-refractivity contribution is -0.131. The highest BCUT2D eigenvalue weighted by Gasteiger charge is 2.29. The van der Waals surface area contributed by atoms with Crippen molar-refractivity contribution in [2.75, 3.05) is 0 Å². The molecule has 0 saturated carbocycles. The van der Waals surface area contributed by atoms with Gasteiger partial charge in [-0.3, -0.25) is 9.59 Å². The van der Waals surface area contributed by atoms with Crippen LogP contribution in [0, 0.1) is 0 Å². The Morgan fingerprint density at radius 3 is 2.40 bits per heavy atom. The number of nitrogens with two attached hydrogens (primary N) is 2. The third-order valence-electron chi connectivity index (χ3n) is 2.88. The molecule has 0 aliphatic carbocycles. The van der Waals surface area contributed by atoms with E-state index in [-0.39, 0.29) is 17.9 Å². The average molecular weight is 281 g/mol. The number of carbonyl (C=O) groups excluding carboxylic acids is 2. The molecule has 0 bridgehead atoms. The van der Waals surface area contributed by atoms with Crippen LogP contribution in [-0.4, -0.2) is 33.6 Å². The summed E-state index contributed by atoms with van der Waals surface area (Å²) in [5, 5.41) is 21.0. The zero-order chi connectivity index (χ0) is 15.5. The van der Waals surface area contributed by atoms with Crippen LogP contribution < -0.4 is 16.8 Å². The van der Waals surface area contributed by atoms with Crippen LogP contribution in [-0.2, 0) is 16.0 Å². The van der Waals surface area contributed by atoms with Gasteiger partial charge in [-0.05, 0) is 38.0 Å². The lowest BCUT2D eigenvalue weighted by Crippen LogP contribution is -2.57. The zero-order valence-electron chi connectivity index (χ0n) is 11.4. The molecule has 0 heterocycles. The first-order valence-corrected chi connectivity index (χ1v) is 6.02. The molecule has 1 aromatic carbocycles. The van der Waals surface area contributed by atoms with Crippen molar-refractivity contribution >= 4 is 11.8 Å². The Kier molecular flexibility index (Phi) is 4.57. The molecule has 1 atom stereocenters. The Bertz CT molecular complexity index is 528.